The normalized spacial score (nSPS) is 17.4. The smallest absolute Gasteiger partial charge is 0.308 e. The fourth-order valence-corrected chi connectivity index (χ4v) is 4.44. The number of rotatable bonds is 5. The Balaban J connectivity index is 1.76. The number of hydrogen-bond acceptors (Lipinski definition) is 4. The Kier molecular flexibility index (Phi) is 5.63. The number of methoxy groups -OCH3 is 1. The Bertz CT molecular complexity index is 942. The van der Waals surface area contributed by atoms with Crippen LogP contribution in [0, 0.1) is 5.92 Å². The van der Waals surface area contributed by atoms with Gasteiger partial charge in [0.15, 0.2) is 0 Å². The number of carbonyl (C=O) groups is 1. The fraction of sp³-hybridized carbons (Fsp3) is 0.360. The van der Waals surface area contributed by atoms with Crippen molar-refractivity contribution in [2.75, 3.05) is 7.11 Å². The topological polar surface area (TPSA) is 58.9 Å². The standard InChI is InChI=1S/C25H27NO3/c1-16(23(27)15-24(28)29-2)17-9-7-8-14-22(17)26-25-20-12-5-3-10-18(20)19-11-4-6-13-21(19)25/h3-6,10-13,16,23,27H,7-9,14-15H2,1-2H3. The molecular formula is C25H27NO3. The first-order valence-corrected chi connectivity index (χ1v) is 10.3. The first kappa shape index (κ1) is 19.6. The zero-order valence-electron chi connectivity index (χ0n) is 17.0. The summed E-state index contributed by atoms with van der Waals surface area (Å²) in [6.07, 6.45) is 3.25. The highest BCUT2D eigenvalue weighted by Gasteiger charge is 2.28. The fourth-order valence-electron chi connectivity index (χ4n) is 4.44. The molecule has 0 spiro atoms. The summed E-state index contributed by atoms with van der Waals surface area (Å²) in [4.78, 5) is 16.8. The molecule has 0 aromatic heterocycles. The summed E-state index contributed by atoms with van der Waals surface area (Å²) in [6.45, 7) is 1.99. The van der Waals surface area contributed by atoms with Crippen LogP contribution < -0.4 is 0 Å². The summed E-state index contributed by atoms with van der Waals surface area (Å²) in [5.74, 6) is -0.507. The Morgan fingerprint density at radius 1 is 1.00 bits per heavy atom. The van der Waals surface area contributed by atoms with Gasteiger partial charge < -0.3 is 9.84 Å². The zero-order valence-corrected chi connectivity index (χ0v) is 17.0. The minimum absolute atomic E-state index is 0.0106. The lowest BCUT2D eigenvalue weighted by atomic mass is 9.84. The van der Waals surface area contributed by atoms with Crippen molar-refractivity contribution in [2.45, 2.75) is 45.1 Å². The van der Waals surface area contributed by atoms with Crippen LogP contribution in [0.2, 0.25) is 0 Å². The van der Waals surface area contributed by atoms with Crippen molar-refractivity contribution >= 4 is 11.7 Å². The quantitative estimate of drug-likeness (QED) is 0.632. The van der Waals surface area contributed by atoms with Crippen molar-refractivity contribution < 1.29 is 14.6 Å². The maximum Gasteiger partial charge on any atom is 0.308 e. The molecule has 2 aromatic carbocycles. The predicted molar refractivity (Wildman–Crippen MR) is 115 cm³/mol. The van der Waals surface area contributed by atoms with Gasteiger partial charge in [0.1, 0.15) is 0 Å². The van der Waals surface area contributed by atoms with Crippen molar-refractivity contribution in [3.05, 3.63) is 70.9 Å². The number of aliphatic imine (C=N–C) groups is 1. The second kappa shape index (κ2) is 8.34. The lowest BCUT2D eigenvalue weighted by molar-refractivity contribution is -0.143. The number of carbonyl (C=O) groups excluding carboxylic acids is 1. The predicted octanol–water partition coefficient (Wildman–Crippen LogP) is 4.89. The molecular weight excluding hydrogens is 362 g/mol. The van der Waals surface area contributed by atoms with Gasteiger partial charge in [0.2, 0.25) is 0 Å². The van der Waals surface area contributed by atoms with Crippen molar-refractivity contribution in [1.29, 1.82) is 0 Å². The van der Waals surface area contributed by atoms with E-state index in [4.69, 9.17) is 9.73 Å². The van der Waals surface area contributed by atoms with Crippen molar-refractivity contribution in [3.8, 4) is 11.1 Å². The Hall–Kier alpha value is -2.72. The van der Waals surface area contributed by atoms with Gasteiger partial charge in [0.25, 0.3) is 0 Å². The average Bonchev–Trinajstić information content (AvgIpc) is 3.07. The van der Waals surface area contributed by atoms with Crippen LogP contribution in [0.15, 0.2) is 64.8 Å². The first-order valence-electron chi connectivity index (χ1n) is 10.3. The van der Waals surface area contributed by atoms with Gasteiger partial charge in [0, 0.05) is 22.7 Å². The second-order valence-electron chi connectivity index (χ2n) is 7.87. The van der Waals surface area contributed by atoms with E-state index in [9.17, 15) is 9.90 Å². The molecule has 4 rings (SSSR count). The number of nitrogens with zero attached hydrogens (tertiary/aromatic N) is 1. The summed E-state index contributed by atoms with van der Waals surface area (Å²) in [5, 5.41) is 10.6. The van der Waals surface area contributed by atoms with Gasteiger partial charge in [0.05, 0.1) is 25.3 Å². The maximum atomic E-state index is 11.6. The van der Waals surface area contributed by atoms with E-state index in [0.29, 0.717) is 0 Å². The van der Waals surface area contributed by atoms with Gasteiger partial charge in [-0.1, -0.05) is 55.5 Å². The maximum absolute atomic E-state index is 11.6. The lowest BCUT2D eigenvalue weighted by Gasteiger charge is -2.26. The van der Waals surface area contributed by atoms with Crippen LogP contribution in [0.5, 0.6) is 0 Å². The van der Waals surface area contributed by atoms with E-state index in [1.54, 1.807) is 0 Å². The van der Waals surface area contributed by atoms with E-state index >= 15 is 0 Å². The Labute approximate surface area is 171 Å². The van der Waals surface area contributed by atoms with E-state index in [2.05, 4.69) is 48.5 Å². The molecule has 0 amide bonds. The molecule has 0 saturated carbocycles. The van der Waals surface area contributed by atoms with Gasteiger partial charge in [-0.3, -0.25) is 9.79 Å². The van der Waals surface area contributed by atoms with Crippen molar-refractivity contribution in [2.24, 2.45) is 10.9 Å². The highest BCUT2D eigenvalue weighted by molar-refractivity contribution is 6.24. The summed E-state index contributed by atoms with van der Waals surface area (Å²) < 4.78 is 4.73. The largest absolute Gasteiger partial charge is 0.469 e. The van der Waals surface area contributed by atoms with E-state index < -0.39 is 6.10 Å². The van der Waals surface area contributed by atoms with Gasteiger partial charge in [-0.2, -0.15) is 0 Å². The highest BCUT2D eigenvalue weighted by Crippen LogP contribution is 2.39. The molecule has 150 valence electrons. The van der Waals surface area contributed by atoms with Crippen LogP contribution in [-0.4, -0.2) is 30.0 Å². The van der Waals surface area contributed by atoms with Crippen LogP contribution in [0.1, 0.15) is 50.2 Å². The van der Waals surface area contributed by atoms with Gasteiger partial charge in [-0.25, -0.2) is 0 Å². The SMILES string of the molecule is COC(=O)CC(O)C(C)C1=C(N=C2c3ccccc3-c3ccccc32)CCCC1. The molecule has 2 unspecified atom stereocenters. The highest BCUT2D eigenvalue weighted by atomic mass is 16.5. The van der Waals surface area contributed by atoms with Gasteiger partial charge in [-0.05, 0) is 42.4 Å². The van der Waals surface area contributed by atoms with Gasteiger partial charge >= 0.3 is 5.97 Å². The molecule has 0 aliphatic heterocycles. The number of aliphatic hydroxyl groups excluding tert-OH is 1. The van der Waals surface area contributed by atoms with Crippen molar-refractivity contribution in [3.63, 3.8) is 0 Å². The average molecular weight is 389 g/mol. The lowest BCUT2D eigenvalue weighted by Crippen LogP contribution is -2.25. The molecule has 0 heterocycles. The Morgan fingerprint density at radius 2 is 1.55 bits per heavy atom. The molecule has 4 heteroatoms. The number of benzene rings is 2. The van der Waals surface area contributed by atoms with Gasteiger partial charge in [-0.15, -0.1) is 0 Å². The van der Waals surface area contributed by atoms with E-state index in [0.717, 1.165) is 48.2 Å². The summed E-state index contributed by atoms with van der Waals surface area (Å²) >= 11 is 0. The third kappa shape index (κ3) is 3.77. The Morgan fingerprint density at radius 3 is 2.14 bits per heavy atom. The summed E-state index contributed by atoms with van der Waals surface area (Å²) in [7, 11) is 1.35. The van der Waals surface area contributed by atoms with E-state index in [1.165, 1.54) is 23.8 Å². The number of ether oxygens (including phenoxy) is 1. The van der Waals surface area contributed by atoms with Crippen LogP contribution in [-0.2, 0) is 9.53 Å². The number of hydrogen-bond donors (Lipinski definition) is 1. The zero-order chi connectivity index (χ0) is 20.4. The van der Waals surface area contributed by atoms with E-state index in [-0.39, 0.29) is 18.3 Å². The molecule has 2 atom stereocenters. The van der Waals surface area contributed by atoms with Crippen LogP contribution in [0.25, 0.3) is 11.1 Å². The molecule has 0 saturated heterocycles. The molecule has 0 fully saturated rings. The second-order valence-corrected chi connectivity index (χ2v) is 7.87. The molecule has 1 N–H and O–H groups in total. The van der Waals surface area contributed by atoms with E-state index in [1.807, 2.05) is 6.92 Å². The molecule has 0 radical (unpaired) electrons. The molecule has 29 heavy (non-hydrogen) atoms. The number of fused-ring (bicyclic) bond motifs is 3. The molecule has 2 aliphatic carbocycles. The minimum Gasteiger partial charge on any atom is -0.469 e. The third-order valence-corrected chi connectivity index (χ3v) is 6.11. The van der Waals surface area contributed by atoms with Crippen LogP contribution >= 0.6 is 0 Å². The number of aliphatic hydroxyl groups is 1. The number of esters is 1. The molecule has 0 bridgehead atoms. The number of allylic oxidation sites excluding steroid dienone is 1. The van der Waals surface area contributed by atoms with Crippen molar-refractivity contribution in [1.82, 2.24) is 0 Å². The summed E-state index contributed by atoms with van der Waals surface area (Å²) in [6, 6.07) is 16.8. The monoisotopic (exact) mass is 389 g/mol. The van der Waals surface area contributed by atoms with Crippen LogP contribution in [0.3, 0.4) is 0 Å². The first-order chi connectivity index (χ1) is 14.1. The molecule has 2 aliphatic rings. The van der Waals surface area contributed by atoms with Crippen LogP contribution in [0.4, 0.5) is 0 Å². The summed E-state index contributed by atoms with van der Waals surface area (Å²) in [5.41, 5.74) is 8.01. The molecule has 4 nitrogen and oxygen atoms in total. The molecule has 2 aromatic rings. The third-order valence-electron chi connectivity index (χ3n) is 6.11. The minimum atomic E-state index is -0.756.